The van der Waals surface area contributed by atoms with Crippen molar-refractivity contribution in [3.05, 3.63) is 29.8 Å². The number of thioether (sulfide) groups is 1. The molecule has 0 aliphatic carbocycles. The Hall–Kier alpha value is -1.20. The van der Waals surface area contributed by atoms with E-state index in [-0.39, 0.29) is 17.9 Å². The van der Waals surface area contributed by atoms with Gasteiger partial charge >= 0.3 is 0 Å². The summed E-state index contributed by atoms with van der Waals surface area (Å²) in [5.41, 5.74) is 1.39. The van der Waals surface area contributed by atoms with Gasteiger partial charge in [-0.3, -0.25) is 9.69 Å². The molecule has 5 heteroatoms. The summed E-state index contributed by atoms with van der Waals surface area (Å²) in [6, 6.07) is 8.84. The fourth-order valence-electron chi connectivity index (χ4n) is 3.84. The van der Waals surface area contributed by atoms with Gasteiger partial charge in [0.1, 0.15) is 5.75 Å². The van der Waals surface area contributed by atoms with Crippen LogP contribution in [0.25, 0.3) is 0 Å². The highest BCUT2D eigenvalue weighted by Gasteiger charge is 2.27. The molecule has 0 bridgehead atoms. The molecule has 1 amide bonds. The van der Waals surface area contributed by atoms with Crippen molar-refractivity contribution in [1.29, 1.82) is 0 Å². The van der Waals surface area contributed by atoms with E-state index in [1.165, 1.54) is 49.4 Å². The van der Waals surface area contributed by atoms with Crippen LogP contribution in [-0.4, -0.2) is 54.6 Å². The summed E-state index contributed by atoms with van der Waals surface area (Å²) < 4.78 is 5.64. The lowest BCUT2D eigenvalue weighted by Crippen LogP contribution is -2.44. The molecular formula is C22H34N2O2S. The lowest BCUT2D eigenvalue weighted by molar-refractivity contribution is -0.123. The van der Waals surface area contributed by atoms with Crippen molar-refractivity contribution in [2.24, 2.45) is 5.92 Å². The minimum atomic E-state index is -0.0236. The number of ether oxygens (including phenoxy) is 1. The number of nitrogens with zero attached hydrogens (tertiary/aromatic N) is 1. The molecule has 0 radical (unpaired) electrons. The van der Waals surface area contributed by atoms with Gasteiger partial charge in [0.05, 0.1) is 0 Å². The largest absolute Gasteiger partial charge is 0.484 e. The number of hydrogen-bond donors (Lipinski definition) is 1. The molecule has 3 rings (SSSR count). The van der Waals surface area contributed by atoms with Gasteiger partial charge in [-0.1, -0.05) is 32.9 Å². The first-order chi connectivity index (χ1) is 12.9. The zero-order chi connectivity index (χ0) is 19.3. The first-order valence-corrected chi connectivity index (χ1v) is 11.4. The van der Waals surface area contributed by atoms with Crippen LogP contribution in [0.3, 0.4) is 0 Å². The molecule has 0 aromatic heterocycles. The van der Waals surface area contributed by atoms with Gasteiger partial charge in [-0.2, -0.15) is 11.8 Å². The van der Waals surface area contributed by atoms with E-state index in [1.54, 1.807) is 0 Å². The Morgan fingerprint density at radius 2 is 1.89 bits per heavy atom. The normalized spacial score (nSPS) is 22.0. The van der Waals surface area contributed by atoms with Crippen LogP contribution in [0.4, 0.5) is 0 Å². The van der Waals surface area contributed by atoms with Crippen LogP contribution in [0.5, 0.6) is 5.75 Å². The highest BCUT2D eigenvalue weighted by Crippen LogP contribution is 2.27. The van der Waals surface area contributed by atoms with Crippen LogP contribution in [0, 0.1) is 5.92 Å². The molecule has 2 saturated heterocycles. The zero-order valence-corrected chi connectivity index (χ0v) is 17.8. The molecular weight excluding hydrogens is 356 g/mol. The maximum Gasteiger partial charge on any atom is 0.257 e. The van der Waals surface area contributed by atoms with Gasteiger partial charge in [0.2, 0.25) is 0 Å². The van der Waals surface area contributed by atoms with E-state index in [1.807, 2.05) is 12.1 Å². The highest BCUT2D eigenvalue weighted by molar-refractivity contribution is 7.99. The summed E-state index contributed by atoms with van der Waals surface area (Å²) in [5.74, 6) is 3.95. The molecule has 2 fully saturated rings. The van der Waals surface area contributed by atoms with Crippen LogP contribution in [0.15, 0.2) is 24.3 Å². The van der Waals surface area contributed by atoms with E-state index in [0.717, 1.165) is 18.3 Å². The van der Waals surface area contributed by atoms with Gasteiger partial charge in [-0.05, 0) is 67.1 Å². The molecule has 1 unspecified atom stereocenters. The second-order valence-corrected chi connectivity index (χ2v) is 10.0. The summed E-state index contributed by atoms with van der Waals surface area (Å²) in [6.07, 6.45) is 3.73. The van der Waals surface area contributed by atoms with E-state index < -0.39 is 0 Å². The van der Waals surface area contributed by atoms with Crippen molar-refractivity contribution < 1.29 is 9.53 Å². The molecule has 2 aliphatic rings. The molecule has 1 N–H and O–H groups in total. The fraction of sp³-hybridized carbons (Fsp3) is 0.682. The Kier molecular flexibility index (Phi) is 7.10. The monoisotopic (exact) mass is 390 g/mol. The Labute approximate surface area is 168 Å². The average molecular weight is 391 g/mol. The number of nitrogens with one attached hydrogen (secondary N) is 1. The van der Waals surface area contributed by atoms with Crippen molar-refractivity contribution in [2.45, 2.75) is 51.5 Å². The number of hydrogen-bond acceptors (Lipinski definition) is 4. The van der Waals surface area contributed by atoms with Gasteiger partial charge < -0.3 is 10.1 Å². The van der Waals surface area contributed by atoms with Crippen LogP contribution in [0.1, 0.15) is 45.6 Å². The summed E-state index contributed by atoms with van der Waals surface area (Å²) >= 11 is 2.08. The minimum Gasteiger partial charge on any atom is -0.484 e. The predicted octanol–water partition coefficient (Wildman–Crippen LogP) is 3.70. The number of benzene rings is 1. The first kappa shape index (κ1) is 20.5. The fourth-order valence-corrected chi connectivity index (χ4v) is 5.10. The molecule has 0 spiro atoms. The Balaban J connectivity index is 1.33. The van der Waals surface area contributed by atoms with Crippen molar-refractivity contribution in [2.75, 3.05) is 37.7 Å². The SMILES string of the molecule is CC(C)(C)c1ccc(OCC(=O)NCC2CCN(C3CCSC3)CC2)cc1. The lowest BCUT2D eigenvalue weighted by Gasteiger charge is -2.35. The molecule has 27 heavy (non-hydrogen) atoms. The topological polar surface area (TPSA) is 41.6 Å². The summed E-state index contributed by atoms with van der Waals surface area (Å²) in [4.78, 5) is 14.8. The van der Waals surface area contributed by atoms with Gasteiger partial charge in [0.25, 0.3) is 5.91 Å². The molecule has 0 saturated carbocycles. The van der Waals surface area contributed by atoms with Crippen molar-refractivity contribution in [1.82, 2.24) is 10.2 Å². The Bertz CT molecular complexity index is 598. The van der Waals surface area contributed by atoms with E-state index in [9.17, 15) is 4.79 Å². The summed E-state index contributed by atoms with van der Waals surface area (Å²) in [7, 11) is 0. The van der Waals surface area contributed by atoms with Crippen LogP contribution < -0.4 is 10.1 Å². The predicted molar refractivity (Wildman–Crippen MR) is 114 cm³/mol. The zero-order valence-electron chi connectivity index (χ0n) is 17.0. The highest BCUT2D eigenvalue weighted by atomic mass is 32.2. The number of carbonyl (C=O) groups is 1. The third-order valence-electron chi connectivity index (χ3n) is 5.75. The van der Waals surface area contributed by atoms with E-state index >= 15 is 0 Å². The number of rotatable bonds is 6. The molecule has 2 aliphatic heterocycles. The Morgan fingerprint density at radius 1 is 1.19 bits per heavy atom. The van der Waals surface area contributed by atoms with Gasteiger partial charge in [0.15, 0.2) is 6.61 Å². The van der Waals surface area contributed by atoms with Gasteiger partial charge in [-0.15, -0.1) is 0 Å². The second-order valence-electron chi connectivity index (χ2n) is 8.86. The molecule has 150 valence electrons. The van der Waals surface area contributed by atoms with Crippen LogP contribution in [0.2, 0.25) is 0 Å². The van der Waals surface area contributed by atoms with E-state index in [2.05, 4.69) is 54.9 Å². The first-order valence-electron chi connectivity index (χ1n) is 10.2. The van der Waals surface area contributed by atoms with E-state index in [4.69, 9.17) is 4.74 Å². The van der Waals surface area contributed by atoms with Crippen molar-refractivity contribution in [3.63, 3.8) is 0 Å². The van der Waals surface area contributed by atoms with Crippen molar-refractivity contribution >= 4 is 17.7 Å². The van der Waals surface area contributed by atoms with E-state index in [0.29, 0.717) is 5.92 Å². The quantitative estimate of drug-likeness (QED) is 0.804. The number of amides is 1. The number of likely N-dealkylation sites (tertiary alicyclic amines) is 1. The molecule has 4 nitrogen and oxygen atoms in total. The number of carbonyl (C=O) groups excluding carboxylic acids is 1. The minimum absolute atomic E-state index is 0.0236. The lowest BCUT2D eigenvalue weighted by atomic mass is 9.87. The second kappa shape index (κ2) is 9.33. The molecule has 1 aromatic rings. The molecule has 2 heterocycles. The van der Waals surface area contributed by atoms with Gasteiger partial charge in [-0.25, -0.2) is 0 Å². The third-order valence-corrected chi connectivity index (χ3v) is 6.89. The maximum absolute atomic E-state index is 12.1. The van der Waals surface area contributed by atoms with Crippen LogP contribution >= 0.6 is 11.8 Å². The average Bonchev–Trinajstić information content (AvgIpc) is 3.19. The van der Waals surface area contributed by atoms with Crippen LogP contribution in [-0.2, 0) is 10.2 Å². The summed E-state index contributed by atoms with van der Waals surface area (Å²) in [5, 5.41) is 3.06. The smallest absolute Gasteiger partial charge is 0.257 e. The molecule has 1 atom stereocenters. The number of piperidine rings is 1. The molecule has 1 aromatic carbocycles. The van der Waals surface area contributed by atoms with Gasteiger partial charge in [0, 0.05) is 18.3 Å². The maximum atomic E-state index is 12.1. The Morgan fingerprint density at radius 3 is 2.48 bits per heavy atom. The van der Waals surface area contributed by atoms with Crippen molar-refractivity contribution in [3.8, 4) is 5.75 Å². The standard InChI is InChI=1S/C22H34N2O2S/c1-22(2,3)18-4-6-20(7-5-18)26-15-21(25)23-14-17-8-11-24(12-9-17)19-10-13-27-16-19/h4-7,17,19H,8-16H2,1-3H3,(H,23,25). The third kappa shape index (κ3) is 6.15. The summed E-state index contributed by atoms with van der Waals surface area (Å²) in [6.45, 7) is 9.80.